The number of nitrogens with zero attached hydrogens (tertiary/aromatic N) is 6. The Morgan fingerprint density at radius 2 is 1.90 bits per heavy atom. The first-order valence-electron chi connectivity index (χ1n) is 13.3. The zero-order valence-corrected chi connectivity index (χ0v) is 24.3. The fraction of sp³-hybridized carbons (Fsp3) is 0.379. The molecule has 2 unspecified atom stereocenters. The molecule has 1 saturated carbocycles. The largest absolute Gasteiger partial charge is 0.387 e. The number of benzene rings is 1. The molecular formula is C29H30BrN7O3. The molecule has 1 aromatic carbocycles. The van der Waals surface area contributed by atoms with Crippen molar-refractivity contribution in [3.8, 4) is 11.1 Å². The smallest absolute Gasteiger partial charge is 0.248 e. The highest BCUT2D eigenvalue weighted by Gasteiger charge is 2.64. The van der Waals surface area contributed by atoms with Crippen molar-refractivity contribution < 1.29 is 14.7 Å². The highest BCUT2D eigenvalue weighted by atomic mass is 79.9. The monoisotopic (exact) mass is 603 g/mol. The Morgan fingerprint density at radius 1 is 1.15 bits per heavy atom. The van der Waals surface area contributed by atoms with Crippen molar-refractivity contribution >= 4 is 44.5 Å². The van der Waals surface area contributed by atoms with Gasteiger partial charge in [-0.2, -0.15) is 5.10 Å². The van der Waals surface area contributed by atoms with E-state index in [9.17, 15) is 14.7 Å². The molecule has 11 heteroatoms. The molecule has 1 aliphatic carbocycles. The number of fused-ring (bicyclic) bond motifs is 2. The van der Waals surface area contributed by atoms with Gasteiger partial charge in [-0.25, -0.2) is 15.0 Å². The van der Waals surface area contributed by atoms with Crippen LogP contribution in [-0.2, 0) is 16.1 Å². The number of halogens is 1. The van der Waals surface area contributed by atoms with Crippen molar-refractivity contribution in [1.82, 2.24) is 29.6 Å². The number of amides is 2. The number of pyridine rings is 1. The number of anilines is 1. The Balaban J connectivity index is 1.28. The van der Waals surface area contributed by atoms with E-state index in [-0.39, 0.29) is 29.8 Å². The predicted octanol–water partition coefficient (Wildman–Crippen LogP) is 4.34. The summed E-state index contributed by atoms with van der Waals surface area (Å²) in [7, 11) is 0. The van der Waals surface area contributed by atoms with E-state index >= 15 is 0 Å². The number of aliphatic hydroxyl groups is 1. The van der Waals surface area contributed by atoms with Gasteiger partial charge in [-0.1, -0.05) is 19.1 Å². The zero-order chi connectivity index (χ0) is 28.3. The summed E-state index contributed by atoms with van der Waals surface area (Å²) in [5.41, 5.74) is 3.73. The highest BCUT2D eigenvalue weighted by Crippen LogP contribution is 2.59. The maximum Gasteiger partial charge on any atom is 0.248 e. The topological polar surface area (TPSA) is 126 Å². The van der Waals surface area contributed by atoms with Gasteiger partial charge in [0.2, 0.25) is 11.8 Å². The maximum absolute atomic E-state index is 13.8. The van der Waals surface area contributed by atoms with Crippen LogP contribution in [0.1, 0.15) is 49.9 Å². The second-order valence-corrected chi connectivity index (χ2v) is 12.0. The van der Waals surface area contributed by atoms with Gasteiger partial charge in [0.05, 0.1) is 17.3 Å². The molecule has 3 aromatic heterocycles. The molecule has 1 aliphatic heterocycles. The van der Waals surface area contributed by atoms with Gasteiger partial charge in [-0.05, 0) is 84.3 Å². The molecule has 10 nitrogen and oxygen atoms in total. The molecule has 4 aromatic rings. The molecule has 4 atom stereocenters. The van der Waals surface area contributed by atoms with E-state index in [1.165, 1.54) is 0 Å². The van der Waals surface area contributed by atoms with Gasteiger partial charge >= 0.3 is 0 Å². The lowest BCUT2D eigenvalue weighted by molar-refractivity contribution is -0.138. The number of aliphatic hydroxyl groups excluding tert-OH is 1. The Kier molecular flexibility index (Phi) is 6.46. The quantitative estimate of drug-likeness (QED) is 0.314. The van der Waals surface area contributed by atoms with Crippen LogP contribution in [-0.4, -0.2) is 58.6 Å². The van der Waals surface area contributed by atoms with Crippen molar-refractivity contribution in [2.24, 2.45) is 5.41 Å². The second-order valence-electron chi connectivity index (χ2n) is 11.2. The first-order chi connectivity index (χ1) is 19.0. The third-order valence-electron chi connectivity index (χ3n) is 8.10. The van der Waals surface area contributed by atoms with E-state index in [4.69, 9.17) is 0 Å². The molecule has 2 fully saturated rings. The fourth-order valence-corrected chi connectivity index (χ4v) is 6.07. The van der Waals surface area contributed by atoms with E-state index < -0.39 is 12.1 Å². The van der Waals surface area contributed by atoms with Gasteiger partial charge in [0.15, 0.2) is 0 Å². The van der Waals surface area contributed by atoms with Crippen molar-refractivity contribution in [3.63, 3.8) is 0 Å². The maximum atomic E-state index is 13.8. The van der Waals surface area contributed by atoms with Crippen molar-refractivity contribution in [1.29, 1.82) is 0 Å². The molecule has 2 amide bonds. The number of hydrogen-bond donors (Lipinski definition) is 2. The van der Waals surface area contributed by atoms with Gasteiger partial charge in [-0.3, -0.25) is 14.3 Å². The Labute approximate surface area is 240 Å². The summed E-state index contributed by atoms with van der Waals surface area (Å²) in [6.07, 6.45) is 4.16. The minimum absolute atomic E-state index is 0.0125. The summed E-state index contributed by atoms with van der Waals surface area (Å²) < 4.78 is 2.25. The van der Waals surface area contributed by atoms with Crippen molar-refractivity contribution in [3.05, 3.63) is 64.4 Å². The molecule has 40 heavy (non-hydrogen) atoms. The van der Waals surface area contributed by atoms with Crippen LogP contribution in [0.2, 0.25) is 0 Å². The Morgan fingerprint density at radius 3 is 2.62 bits per heavy atom. The van der Waals surface area contributed by atoms with Crippen LogP contribution < -0.4 is 5.32 Å². The lowest BCUT2D eigenvalue weighted by Crippen LogP contribution is -2.47. The van der Waals surface area contributed by atoms with Crippen LogP contribution in [0.4, 0.5) is 5.82 Å². The molecule has 6 rings (SSSR count). The molecule has 2 aliphatic rings. The lowest BCUT2D eigenvalue weighted by Gasteiger charge is -2.27. The van der Waals surface area contributed by atoms with Crippen LogP contribution in [0, 0.1) is 19.3 Å². The van der Waals surface area contributed by atoms with E-state index in [1.807, 2.05) is 44.2 Å². The Hall–Kier alpha value is -3.70. The van der Waals surface area contributed by atoms with Gasteiger partial charge in [0.25, 0.3) is 0 Å². The molecule has 1 saturated heterocycles. The first kappa shape index (κ1) is 26.5. The predicted molar refractivity (Wildman–Crippen MR) is 153 cm³/mol. The van der Waals surface area contributed by atoms with Gasteiger partial charge in [0.1, 0.15) is 28.8 Å². The molecule has 206 valence electrons. The van der Waals surface area contributed by atoms with Crippen LogP contribution in [0.5, 0.6) is 0 Å². The molecule has 0 bridgehead atoms. The van der Waals surface area contributed by atoms with E-state index in [2.05, 4.69) is 48.2 Å². The minimum Gasteiger partial charge on any atom is -0.387 e. The molecular weight excluding hydrogens is 574 g/mol. The molecule has 0 spiro atoms. The van der Waals surface area contributed by atoms with Crippen molar-refractivity contribution in [2.45, 2.75) is 65.3 Å². The fourth-order valence-electron chi connectivity index (χ4n) is 5.76. The zero-order valence-electron chi connectivity index (χ0n) is 22.7. The number of likely N-dealkylation sites (tertiary alicyclic amines) is 1. The standard InChI is InChI=1S/C29H30BrN7O3/c1-15-5-8-24(30)33-27(15)34-28(40)22-10-29(4)11-23(29)37(22)25(39)14-36-21-7-6-18(19-12-31-17(3)32-13-19)9-20(21)26(35-36)16(2)38/h5-9,12-13,16,22-23,38H,10-11,14H2,1-4H3,(H,33,34,40)/t16?,22-,23?,29-/m0/s1. The van der Waals surface area contributed by atoms with E-state index in [0.29, 0.717) is 28.4 Å². The average Bonchev–Trinajstić information content (AvgIpc) is 3.28. The highest BCUT2D eigenvalue weighted by molar-refractivity contribution is 9.10. The molecule has 2 N–H and O–H groups in total. The summed E-state index contributed by atoms with van der Waals surface area (Å²) in [5.74, 6) is 0.745. The van der Waals surface area contributed by atoms with Gasteiger partial charge in [0, 0.05) is 29.4 Å². The normalized spacial score (nSPS) is 22.3. The molecule has 0 radical (unpaired) electrons. The molecule has 4 heterocycles. The third-order valence-corrected chi connectivity index (χ3v) is 8.55. The number of nitrogens with one attached hydrogen (secondary N) is 1. The number of carbonyl (C=O) groups is 2. The van der Waals surface area contributed by atoms with Crippen LogP contribution in [0.15, 0.2) is 47.3 Å². The number of carbonyl (C=O) groups excluding carboxylic acids is 2. The van der Waals surface area contributed by atoms with Crippen LogP contribution >= 0.6 is 15.9 Å². The van der Waals surface area contributed by atoms with Crippen LogP contribution in [0.25, 0.3) is 22.0 Å². The SMILES string of the molecule is Cc1ncc(-c2ccc3c(c2)c(C(C)O)nn3CC(=O)N2C3C[C@]3(C)C[C@H]2C(=O)Nc2nc(Br)ccc2C)cn1. The lowest BCUT2D eigenvalue weighted by atomic mass is 10.0. The van der Waals surface area contributed by atoms with Crippen molar-refractivity contribution in [2.75, 3.05) is 5.32 Å². The Bertz CT molecular complexity index is 1650. The van der Waals surface area contributed by atoms with Crippen LogP contribution in [0.3, 0.4) is 0 Å². The summed E-state index contributed by atoms with van der Waals surface area (Å²) in [4.78, 5) is 41.9. The van der Waals surface area contributed by atoms with Gasteiger partial charge < -0.3 is 15.3 Å². The second kappa shape index (κ2) is 9.74. The number of aromatic nitrogens is 5. The van der Waals surface area contributed by atoms with E-state index in [1.54, 1.807) is 28.9 Å². The summed E-state index contributed by atoms with van der Waals surface area (Å²) >= 11 is 3.36. The number of piperidine rings is 1. The third kappa shape index (κ3) is 4.66. The average molecular weight is 605 g/mol. The van der Waals surface area contributed by atoms with E-state index in [0.717, 1.165) is 34.0 Å². The number of aryl methyl sites for hydroxylation is 2. The minimum atomic E-state index is -0.832. The summed E-state index contributed by atoms with van der Waals surface area (Å²) in [6, 6.07) is 8.89. The van der Waals surface area contributed by atoms with Gasteiger partial charge in [-0.15, -0.1) is 0 Å². The summed E-state index contributed by atoms with van der Waals surface area (Å²) in [5, 5.41) is 18.8. The number of hydrogen-bond acceptors (Lipinski definition) is 7. The first-order valence-corrected chi connectivity index (χ1v) is 14.1. The number of rotatable bonds is 6. The summed E-state index contributed by atoms with van der Waals surface area (Å²) in [6.45, 7) is 7.45.